The standard InChI is InChI=1S/C13H22N4/c1-3-10-5-4-6-11(7-10)16-13-9-15-8-12(14-2)17-13/h8-11H,3-7H2,1-2H3,(H2,14,16,17). The molecule has 2 atom stereocenters. The summed E-state index contributed by atoms with van der Waals surface area (Å²) in [7, 11) is 1.86. The van der Waals surface area contributed by atoms with Crippen LogP contribution < -0.4 is 10.6 Å². The van der Waals surface area contributed by atoms with E-state index in [0.717, 1.165) is 17.6 Å². The Kier molecular flexibility index (Phi) is 4.18. The van der Waals surface area contributed by atoms with Crippen molar-refractivity contribution in [1.82, 2.24) is 9.97 Å². The van der Waals surface area contributed by atoms with E-state index in [1.165, 1.54) is 32.1 Å². The lowest BCUT2D eigenvalue weighted by molar-refractivity contribution is 0.327. The summed E-state index contributed by atoms with van der Waals surface area (Å²) in [4.78, 5) is 8.62. The van der Waals surface area contributed by atoms with Crippen LogP contribution in [0.4, 0.5) is 11.6 Å². The van der Waals surface area contributed by atoms with E-state index in [-0.39, 0.29) is 0 Å². The summed E-state index contributed by atoms with van der Waals surface area (Å²) in [6.07, 6.45) is 10.1. The fourth-order valence-corrected chi connectivity index (χ4v) is 2.56. The Hall–Kier alpha value is -1.32. The van der Waals surface area contributed by atoms with Crippen LogP contribution in [0.1, 0.15) is 39.0 Å². The molecule has 1 fully saturated rings. The summed E-state index contributed by atoms with van der Waals surface area (Å²) < 4.78 is 0. The van der Waals surface area contributed by atoms with Crippen molar-refractivity contribution in [3.63, 3.8) is 0 Å². The van der Waals surface area contributed by atoms with E-state index in [1.54, 1.807) is 12.4 Å². The number of nitrogens with zero attached hydrogens (tertiary/aromatic N) is 2. The van der Waals surface area contributed by atoms with E-state index in [9.17, 15) is 0 Å². The van der Waals surface area contributed by atoms with Gasteiger partial charge in [-0.25, -0.2) is 4.98 Å². The van der Waals surface area contributed by atoms with Gasteiger partial charge in [-0.15, -0.1) is 0 Å². The zero-order valence-electron chi connectivity index (χ0n) is 10.7. The molecule has 0 spiro atoms. The van der Waals surface area contributed by atoms with Crippen LogP contribution >= 0.6 is 0 Å². The molecule has 1 aromatic heterocycles. The van der Waals surface area contributed by atoms with Crippen molar-refractivity contribution in [3.8, 4) is 0 Å². The van der Waals surface area contributed by atoms with Crippen molar-refractivity contribution in [2.75, 3.05) is 17.7 Å². The quantitative estimate of drug-likeness (QED) is 0.841. The second-order valence-corrected chi connectivity index (χ2v) is 4.82. The molecule has 1 aromatic rings. The summed E-state index contributed by atoms with van der Waals surface area (Å²) >= 11 is 0. The first-order valence-corrected chi connectivity index (χ1v) is 6.58. The predicted molar refractivity (Wildman–Crippen MR) is 71.2 cm³/mol. The van der Waals surface area contributed by atoms with Gasteiger partial charge in [0, 0.05) is 13.1 Å². The zero-order chi connectivity index (χ0) is 12.1. The topological polar surface area (TPSA) is 49.8 Å². The second-order valence-electron chi connectivity index (χ2n) is 4.82. The molecule has 17 heavy (non-hydrogen) atoms. The maximum atomic E-state index is 4.45. The van der Waals surface area contributed by atoms with Crippen LogP contribution in [-0.4, -0.2) is 23.1 Å². The van der Waals surface area contributed by atoms with Crippen molar-refractivity contribution in [1.29, 1.82) is 0 Å². The first-order chi connectivity index (χ1) is 8.31. The summed E-state index contributed by atoms with van der Waals surface area (Å²) in [5, 5.41) is 6.52. The van der Waals surface area contributed by atoms with Gasteiger partial charge in [-0.2, -0.15) is 0 Å². The highest BCUT2D eigenvalue weighted by Crippen LogP contribution is 2.28. The molecular formula is C13H22N4. The van der Waals surface area contributed by atoms with Gasteiger partial charge in [0.05, 0.1) is 12.4 Å². The van der Waals surface area contributed by atoms with Crippen molar-refractivity contribution in [2.45, 2.75) is 45.1 Å². The molecule has 1 aliphatic rings. The average molecular weight is 234 g/mol. The van der Waals surface area contributed by atoms with Gasteiger partial charge in [-0.3, -0.25) is 4.98 Å². The van der Waals surface area contributed by atoms with Crippen LogP contribution in [0.5, 0.6) is 0 Å². The third-order valence-electron chi connectivity index (χ3n) is 3.60. The molecule has 0 aliphatic heterocycles. The van der Waals surface area contributed by atoms with Gasteiger partial charge in [-0.1, -0.05) is 26.2 Å². The zero-order valence-corrected chi connectivity index (χ0v) is 10.7. The van der Waals surface area contributed by atoms with Gasteiger partial charge >= 0.3 is 0 Å². The third kappa shape index (κ3) is 3.32. The molecule has 1 aliphatic carbocycles. The van der Waals surface area contributed by atoms with Crippen molar-refractivity contribution in [3.05, 3.63) is 12.4 Å². The minimum atomic E-state index is 0.565. The van der Waals surface area contributed by atoms with Gasteiger partial charge < -0.3 is 10.6 Å². The molecule has 2 unspecified atom stereocenters. The average Bonchev–Trinajstić information content (AvgIpc) is 2.39. The van der Waals surface area contributed by atoms with Crippen molar-refractivity contribution < 1.29 is 0 Å². The third-order valence-corrected chi connectivity index (χ3v) is 3.60. The van der Waals surface area contributed by atoms with E-state index in [4.69, 9.17) is 0 Å². The largest absolute Gasteiger partial charge is 0.372 e. The van der Waals surface area contributed by atoms with Gasteiger partial charge in [-0.05, 0) is 18.8 Å². The van der Waals surface area contributed by atoms with E-state index in [1.807, 2.05) is 7.05 Å². The lowest BCUT2D eigenvalue weighted by Gasteiger charge is -2.29. The van der Waals surface area contributed by atoms with Gasteiger partial charge in [0.25, 0.3) is 0 Å². The Morgan fingerprint density at radius 3 is 2.88 bits per heavy atom. The Morgan fingerprint density at radius 2 is 2.12 bits per heavy atom. The maximum Gasteiger partial charge on any atom is 0.147 e. The summed E-state index contributed by atoms with van der Waals surface area (Å²) in [6.45, 7) is 2.29. The summed E-state index contributed by atoms with van der Waals surface area (Å²) in [6, 6.07) is 0.565. The van der Waals surface area contributed by atoms with Crippen LogP contribution in [-0.2, 0) is 0 Å². The van der Waals surface area contributed by atoms with E-state index >= 15 is 0 Å². The molecule has 0 radical (unpaired) electrons. The summed E-state index contributed by atoms with van der Waals surface area (Å²) in [5.41, 5.74) is 0. The highest BCUT2D eigenvalue weighted by atomic mass is 15.1. The molecule has 1 saturated carbocycles. The molecule has 2 rings (SSSR count). The molecular weight excluding hydrogens is 212 g/mol. The predicted octanol–water partition coefficient (Wildman–Crippen LogP) is 2.90. The molecule has 2 N–H and O–H groups in total. The van der Waals surface area contributed by atoms with Gasteiger partial charge in [0.2, 0.25) is 0 Å². The minimum absolute atomic E-state index is 0.565. The SMILES string of the molecule is CCC1CCCC(Nc2cncc(NC)n2)C1. The maximum absolute atomic E-state index is 4.45. The van der Waals surface area contributed by atoms with Gasteiger partial charge in [0.1, 0.15) is 11.6 Å². The Morgan fingerprint density at radius 1 is 1.29 bits per heavy atom. The molecule has 0 bridgehead atoms. The second kappa shape index (κ2) is 5.84. The van der Waals surface area contributed by atoms with Gasteiger partial charge in [0.15, 0.2) is 0 Å². The monoisotopic (exact) mass is 234 g/mol. The Bertz CT molecular complexity index is 353. The highest BCUT2D eigenvalue weighted by Gasteiger charge is 2.20. The summed E-state index contributed by atoms with van der Waals surface area (Å²) in [5.74, 6) is 2.58. The van der Waals surface area contributed by atoms with Crippen LogP contribution in [0.2, 0.25) is 0 Å². The highest BCUT2D eigenvalue weighted by molar-refractivity contribution is 5.41. The number of rotatable bonds is 4. The Balaban J connectivity index is 1.95. The lowest BCUT2D eigenvalue weighted by atomic mass is 9.84. The number of hydrogen-bond donors (Lipinski definition) is 2. The molecule has 0 amide bonds. The smallest absolute Gasteiger partial charge is 0.147 e. The lowest BCUT2D eigenvalue weighted by Crippen LogP contribution is -2.27. The Labute approximate surface area is 103 Å². The number of anilines is 2. The molecule has 4 heteroatoms. The van der Waals surface area contributed by atoms with Crippen LogP contribution in [0.25, 0.3) is 0 Å². The number of nitrogens with one attached hydrogen (secondary N) is 2. The van der Waals surface area contributed by atoms with Crippen molar-refractivity contribution >= 4 is 11.6 Å². The minimum Gasteiger partial charge on any atom is -0.372 e. The van der Waals surface area contributed by atoms with Crippen LogP contribution in [0.15, 0.2) is 12.4 Å². The molecule has 4 nitrogen and oxygen atoms in total. The van der Waals surface area contributed by atoms with E-state index in [0.29, 0.717) is 6.04 Å². The van der Waals surface area contributed by atoms with Crippen LogP contribution in [0.3, 0.4) is 0 Å². The van der Waals surface area contributed by atoms with E-state index < -0.39 is 0 Å². The number of aromatic nitrogens is 2. The fourth-order valence-electron chi connectivity index (χ4n) is 2.56. The molecule has 0 aromatic carbocycles. The van der Waals surface area contributed by atoms with Crippen molar-refractivity contribution in [2.24, 2.45) is 5.92 Å². The first-order valence-electron chi connectivity index (χ1n) is 6.58. The molecule has 1 heterocycles. The number of hydrogen-bond acceptors (Lipinski definition) is 4. The molecule has 0 saturated heterocycles. The first kappa shape index (κ1) is 12.1. The molecule has 94 valence electrons. The normalized spacial score (nSPS) is 24.4. The van der Waals surface area contributed by atoms with E-state index in [2.05, 4.69) is 27.5 Å². The van der Waals surface area contributed by atoms with Crippen LogP contribution in [0, 0.1) is 5.92 Å². The fraction of sp³-hybridized carbons (Fsp3) is 0.692.